The van der Waals surface area contributed by atoms with Crippen molar-refractivity contribution in [2.45, 2.75) is 24.5 Å². The van der Waals surface area contributed by atoms with E-state index in [4.69, 9.17) is 4.74 Å². The van der Waals surface area contributed by atoms with Crippen molar-refractivity contribution in [3.05, 3.63) is 0 Å². The lowest BCUT2D eigenvalue weighted by Crippen LogP contribution is -2.49. The molecule has 6 nitrogen and oxygen atoms in total. The van der Waals surface area contributed by atoms with Crippen LogP contribution in [0.5, 0.6) is 0 Å². The van der Waals surface area contributed by atoms with Crippen molar-refractivity contribution in [3.8, 4) is 0 Å². The van der Waals surface area contributed by atoms with E-state index in [9.17, 15) is 13.2 Å². The third-order valence-corrected chi connectivity index (χ3v) is 5.77. The van der Waals surface area contributed by atoms with Crippen molar-refractivity contribution in [1.29, 1.82) is 0 Å². The highest BCUT2D eigenvalue weighted by molar-refractivity contribution is 7.92. The largest absolute Gasteiger partial charge is 0.378 e. The molecule has 0 saturated carbocycles. The number of nitrogens with one attached hydrogen (secondary N) is 1. The first-order chi connectivity index (χ1) is 8.59. The van der Waals surface area contributed by atoms with Crippen LogP contribution in [-0.2, 0) is 14.6 Å². The minimum atomic E-state index is -3.01. The summed E-state index contributed by atoms with van der Waals surface area (Å²) < 4.78 is 28.7. The number of morpholine rings is 1. The number of nitrogens with zero attached hydrogens (tertiary/aromatic N) is 1. The van der Waals surface area contributed by atoms with Crippen molar-refractivity contribution in [1.82, 2.24) is 10.2 Å². The van der Waals surface area contributed by atoms with Gasteiger partial charge in [-0.05, 0) is 12.8 Å². The molecule has 0 aromatic carbocycles. The Hall–Kier alpha value is -0.820. The van der Waals surface area contributed by atoms with Crippen LogP contribution in [0, 0.1) is 0 Å². The van der Waals surface area contributed by atoms with Crippen LogP contribution in [0.1, 0.15) is 19.3 Å². The van der Waals surface area contributed by atoms with E-state index in [1.54, 1.807) is 4.90 Å². The van der Waals surface area contributed by atoms with E-state index in [1.165, 1.54) is 0 Å². The number of hydrogen-bond acceptors (Lipinski definition) is 4. The maximum absolute atomic E-state index is 11.8. The van der Waals surface area contributed by atoms with Gasteiger partial charge in [-0.15, -0.1) is 0 Å². The van der Waals surface area contributed by atoms with Crippen LogP contribution in [0.3, 0.4) is 0 Å². The summed E-state index contributed by atoms with van der Waals surface area (Å²) in [5.41, 5.74) is 0. The third-order valence-electron chi connectivity index (χ3n) is 3.49. The SMILES string of the molecule is O=C(NCC1CCCCS1(=O)=O)N1CCOCC1. The average Bonchev–Trinajstić information content (AvgIpc) is 2.38. The molecule has 2 aliphatic rings. The monoisotopic (exact) mass is 276 g/mol. The number of urea groups is 1. The van der Waals surface area contributed by atoms with E-state index >= 15 is 0 Å². The van der Waals surface area contributed by atoms with E-state index in [2.05, 4.69) is 5.32 Å². The van der Waals surface area contributed by atoms with E-state index in [1.807, 2.05) is 0 Å². The molecule has 0 aliphatic carbocycles. The molecule has 18 heavy (non-hydrogen) atoms. The Bertz CT molecular complexity index is 390. The van der Waals surface area contributed by atoms with Crippen LogP contribution in [0.25, 0.3) is 0 Å². The van der Waals surface area contributed by atoms with Crippen LogP contribution in [0.2, 0.25) is 0 Å². The molecule has 0 aromatic heterocycles. The van der Waals surface area contributed by atoms with Crippen molar-refractivity contribution < 1.29 is 17.9 Å². The molecule has 104 valence electrons. The van der Waals surface area contributed by atoms with Gasteiger partial charge in [0.05, 0.1) is 24.2 Å². The number of ether oxygens (including phenoxy) is 1. The smallest absolute Gasteiger partial charge is 0.317 e. The van der Waals surface area contributed by atoms with Gasteiger partial charge < -0.3 is 15.0 Å². The number of amides is 2. The minimum Gasteiger partial charge on any atom is -0.378 e. The molecule has 0 spiro atoms. The van der Waals surface area contributed by atoms with Crippen LogP contribution in [-0.4, -0.2) is 63.2 Å². The number of carbonyl (C=O) groups excluding carboxylic acids is 1. The van der Waals surface area contributed by atoms with Gasteiger partial charge in [0.1, 0.15) is 0 Å². The summed E-state index contributed by atoms with van der Waals surface area (Å²) in [6.07, 6.45) is 2.33. The molecule has 2 amide bonds. The quantitative estimate of drug-likeness (QED) is 0.770. The summed E-state index contributed by atoms with van der Waals surface area (Å²) >= 11 is 0. The Morgan fingerprint density at radius 1 is 1.28 bits per heavy atom. The van der Waals surface area contributed by atoms with Gasteiger partial charge in [0.25, 0.3) is 0 Å². The van der Waals surface area contributed by atoms with E-state index in [-0.39, 0.29) is 18.3 Å². The lowest BCUT2D eigenvalue weighted by atomic mass is 10.2. The normalized spacial score (nSPS) is 27.8. The molecule has 2 rings (SSSR count). The zero-order valence-corrected chi connectivity index (χ0v) is 11.2. The topological polar surface area (TPSA) is 75.7 Å². The molecular weight excluding hydrogens is 256 g/mol. The van der Waals surface area contributed by atoms with Crippen LogP contribution in [0.15, 0.2) is 0 Å². The fourth-order valence-electron chi connectivity index (χ4n) is 2.33. The lowest BCUT2D eigenvalue weighted by Gasteiger charge is -2.28. The average molecular weight is 276 g/mol. The number of sulfone groups is 1. The maximum Gasteiger partial charge on any atom is 0.317 e. The van der Waals surface area contributed by atoms with Crippen molar-refractivity contribution in [2.24, 2.45) is 0 Å². The summed E-state index contributed by atoms with van der Waals surface area (Å²) in [5, 5.41) is 2.32. The minimum absolute atomic E-state index is 0.181. The van der Waals surface area contributed by atoms with Gasteiger partial charge in [-0.25, -0.2) is 13.2 Å². The Kier molecular flexibility index (Phi) is 4.45. The molecule has 1 N–H and O–H groups in total. The summed E-state index contributed by atoms with van der Waals surface area (Å²) in [7, 11) is -3.01. The van der Waals surface area contributed by atoms with Gasteiger partial charge in [-0.1, -0.05) is 6.42 Å². The number of rotatable bonds is 2. The Morgan fingerprint density at radius 2 is 2.00 bits per heavy atom. The Labute approximate surface area is 108 Å². The molecule has 0 aromatic rings. The first-order valence-electron chi connectivity index (χ1n) is 6.42. The van der Waals surface area contributed by atoms with Crippen molar-refractivity contribution in [3.63, 3.8) is 0 Å². The highest BCUT2D eigenvalue weighted by atomic mass is 32.2. The molecule has 1 atom stereocenters. The molecule has 7 heteroatoms. The highest BCUT2D eigenvalue weighted by Gasteiger charge is 2.29. The second-order valence-electron chi connectivity index (χ2n) is 4.77. The zero-order chi connectivity index (χ0) is 13.0. The van der Waals surface area contributed by atoms with Crippen molar-refractivity contribution in [2.75, 3.05) is 38.6 Å². The molecule has 0 radical (unpaired) electrons. The van der Waals surface area contributed by atoms with Gasteiger partial charge in [0, 0.05) is 19.6 Å². The molecule has 2 saturated heterocycles. The van der Waals surface area contributed by atoms with E-state index in [0.717, 1.165) is 12.8 Å². The standard InChI is InChI=1S/C11H20N2O4S/c14-11(13-4-6-17-7-5-13)12-9-10-3-1-2-8-18(10,15)16/h10H,1-9H2,(H,12,14). The third kappa shape index (κ3) is 3.35. The summed E-state index contributed by atoms with van der Waals surface area (Å²) in [6.45, 7) is 2.48. The van der Waals surface area contributed by atoms with Gasteiger partial charge in [0.15, 0.2) is 9.84 Å². The maximum atomic E-state index is 11.8. The van der Waals surface area contributed by atoms with Crippen LogP contribution >= 0.6 is 0 Å². The zero-order valence-electron chi connectivity index (χ0n) is 10.4. The Morgan fingerprint density at radius 3 is 2.67 bits per heavy atom. The lowest BCUT2D eigenvalue weighted by molar-refractivity contribution is 0.0532. The second-order valence-corrected chi connectivity index (χ2v) is 7.17. The van der Waals surface area contributed by atoms with Crippen LogP contribution < -0.4 is 5.32 Å². The van der Waals surface area contributed by atoms with Gasteiger partial charge in [-0.2, -0.15) is 0 Å². The summed E-state index contributed by atoms with van der Waals surface area (Å²) in [4.78, 5) is 13.5. The predicted molar refractivity (Wildman–Crippen MR) is 67.2 cm³/mol. The molecule has 0 bridgehead atoms. The van der Waals surface area contributed by atoms with E-state index in [0.29, 0.717) is 32.7 Å². The molecule has 1 unspecified atom stereocenters. The molecule has 2 aliphatic heterocycles. The summed E-state index contributed by atoms with van der Waals surface area (Å²) in [6, 6.07) is -0.181. The molecule has 2 heterocycles. The van der Waals surface area contributed by atoms with E-state index < -0.39 is 15.1 Å². The summed E-state index contributed by atoms with van der Waals surface area (Å²) in [5.74, 6) is 0.255. The number of carbonyl (C=O) groups is 1. The predicted octanol–water partition coefficient (Wildman–Crippen LogP) is -0.00450. The second kappa shape index (κ2) is 5.88. The fraction of sp³-hybridized carbons (Fsp3) is 0.909. The number of hydrogen-bond donors (Lipinski definition) is 1. The van der Waals surface area contributed by atoms with Gasteiger partial charge in [0.2, 0.25) is 0 Å². The Balaban J connectivity index is 1.81. The molecule has 2 fully saturated rings. The van der Waals surface area contributed by atoms with Gasteiger partial charge >= 0.3 is 6.03 Å². The van der Waals surface area contributed by atoms with Crippen LogP contribution in [0.4, 0.5) is 4.79 Å². The van der Waals surface area contributed by atoms with Gasteiger partial charge in [-0.3, -0.25) is 0 Å². The fourth-order valence-corrected chi connectivity index (χ4v) is 4.13. The van der Waals surface area contributed by atoms with Crippen molar-refractivity contribution >= 4 is 15.9 Å². The first-order valence-corrected chi connectivity index (χ1v) is 8.13. The highest BCUT2D eigenvalue weighted by Crippen LogP contribution is 2.18. The molecular formula is C11H20N2O4S. The first kappa shape index (κ1) is 13.6.